The Bertz CT molecular complexity index is 303. The van der Waals surface area contributed by atoms with Crippen LogP contribution in [0.4, 0.5) is 0 Å². The molecule has 2 nitrogen and oxygen atoms in total. The summed E-state index contributed by atoms with van der Waals surface area (Å²) in [5.41, 5.74) is 3.06. The van der Waals surface area contributed by atoms with Crippen LogP contribution in [0.2, 0.25) is 0 Å². The van der Waals surface area contributed by atoms with Crippen LogP contribution in [0.5, 0.6) is 17.2 Å². The van der Waals surface area contributed by atoms with E-state index in [1.807, 2.05) is 20.8 Å². The van der Waals surface area contributed by atoms with Crippen molar-refractivity contribution in [3.8, 4) is 17.2 Å². The van der Waals surface area contributed by atoms with Crippen LogP contribution in [0.15, 0.2) is 0 Å². The van der Waals surface area contributed by atoms with Gasteiger partial charge in [0.05, 0.1) is 0 Å². The summed E-state index contributed by atoms with van der Waals surface area (Å²) in [7, 11) is 0. The molecule has 1 N–H and O–H groups in total. The van der Waals surface area contributed by atoms with Gasteiger partial charge in [-0.05, 0) is 26.3 Å². The van der Waals surface area contributed by atoms with Crippen LogP contribution in [-0.2, 0) is 0 Å². The Morgan fingerprint density at radius 2 is 1.55 bits per heavy atom. The highest BCUT2D eigenvalue weighted by Crippen LogP contribution is 2.52. The molecule has 2 aliphatic heterocycles. The summed E-state index contributed by atoms with van der Waals surface area (Å²) in [4.78, 5) is 0. The molecule has 1 aromatic rings. The molecule has 2 aliphatic rings. The highest BCUT2D eigenvalue weighted by Gasteiger charge is 2.27. The lowest BCUT2D eigenvalue weighted by molar-refractivity contribution is 0.365. The molecule has 0 radical (unpaired) electrons. The van der Waals surface area contributed by atoms with E-state index in [9.17, 15) is 5.11 Å². The van der Waals surface area contributed by atoms with Gasteiger partial charge >= 0.3 is 0 Å². The van der Waals surface area contributed by atoms with E-state index in [0.717, 1.165) is 22.4 Å². The largest absolute Gasteiger partial charge is 0.504 e. The highest BCUT2D eigenvalue weighted by atomic mass is 16.5. The van der Waals surface area contributed by atoms with Gasteiger partial charge in [0, 0.05) is 11.1 Å². The number of phenols is 1. The van der Waals surface area contributed by atoms with Gasteiger partial charge in [0.15, 0.2) is 11.5 Å². The SMILES string of the molecule is Cc1c(C)c2c(C)c(c1O)O2. The molecule has 0 aromatic heterocycles. The molecule has 0 fully saturated rings. The summed E-state index contributed by atoms with van der Waals surface area (Å²) >= 11 is 0. The number of benzene rings is 1. The molecule has 0 amide bonds. The summed E-state index contributed by atoms with van der Waals surface area (Å²) in [6.07, 6.45) is 0. The first kappa shape index (κ1) is 6.53. The van der Waals surface area contributed by atoms with Crippen molar-refractivity contribution in [3.63, 3.8) is 0 Å². The lowest BCUT2D eigenvalue weighted by Crippen LogP contribution is -2.06. The Labute approximate surface area is 65.4 Å². The summed E-state index contributed by atoms with van der Waals surface area (Å²) in [6.45, 7) is 5.82. The Morgan fingerprint density at radius 1 is 0.909 bits per heavy atom. The van der Waals surface area contributed by atoms with Crippen LogP contribution in [-0.4, -0.2) is 5.11 Å². The van der Waals surface area contributed by atoms with Gasteiger partial charge in [-0.3, -0.25) is 0 Å². The van der Waals surface area contributed by atoms with Gasteiger partial charge in [-0.2, -0.15) is 0 Å². The fourth-order valence-electron chi connectivity index (χ4n) is 1.41. The van der Waals surface area contributed by atoms with Crippen molar-refractivity contribution in [1.29, 1.82) is 0 Å². The standard InChI is InChI=1S/C9H10O2/c1-4-5(2)8-6(3)9(11-8)7(4)10/h10H,1-3H3. The third kappa shape index (κ3) is 0.570. The molecule has 2 bridgehead atoms. The zero-order valence-electron chi connectivity index (χ0n) is 6.86. The van der Waals surface area contributed by atoms with Gasteiger partial charge in [-0.25, -0.2) is 0 Å². The average molecular weight is 150 g/mol. The molecule has 2 heteroatoms. The number of fused-ring (bicyclic) bond motifs is 2. The van der Waals surface area contributed by atoms with Gasteiger partial charge in [0.2, 0.25) is 0 Å². The van der Waals surface area contributed by atoms with Gasteiger partial charge < -0.3 is 9.84 Å². The summed E-state index contributed by atoms with van der Waals surface area (Å²) in [5, 5.41) is 9.49. The second kappa shape index (κ2) is 1.70. The molecule has 0 aliphatic carbocycles. The Kier molecular flexibility index (Phi) is 1.01. The topological polar surface area (TPSA) is 29.5 Å². The molecule has 0 atom stereocenters. The molecule has 0 saturated heterocycles. The number of ether oxygens (including phenoxy) is 1. The summed E-state index contributed by atoms with van der Waals surface area (Å²) in [5.74, 6) is 1.90. The molecule has 0 unspecified atom stereocenters. The molecule has 58 valence electrons. The predicted molar refractivity (Wildman–Crippen MR) is 42.4 cm³/mol. The number of rotatable bonds is 0. The normalized spacial score (nSPS) is 12.3. The quantitative estimate of drug-likeness (QED) is 0.625. The molecule has 0 saturated carbocycles. The molecule has 2 heterocycles. The number of hydrogen-bond acceptors (Lipinski definition) is 2. The fraction of sp³-hybridized carbons (Fsp3) is 0.333. The van der Waals surface area contributed by atoms with Crippen molar-refractivity contribution in [2.24, 2.45) is 0 Å². The third-order valence-electron chi connectivity index (χ3n) is 2.36. The minimum Gasteiger partial charge on any atom is -0.504 e. The van der Waals surface area contributed by atoms with E-state index in [0.29, 0.717) is 11.5 Å². The van der Waals surface area contributed by atoms with Crippen molar-refractivity contribution in [2.75, 3.05) is 0 Å². The molecule has 0 spiro atoms. The summed E-state index contributed by atoms with van der Waals surface area (Å²) in [6, 6.07) is 0. The van der Waals surface area contributed by atoms with Crippen LogP contribution < -0.4 is 4.74 Å². The lowest BCUT2D eigenvalue weighted by atomic mass is 9.99. The minimum absolute atomic E-state index is 0.301. The molecule has 11 heavy (non-hydrogen) atoms. The number of aryl methyl sites for hydroxylation is 1. The van der Waals surface area contributed by atoms with E-state index in [1.165, 1.54) is 0 Å². The van der Waals surface area contributed by atoms with Crippen molar-refractivity contribution >= 4 is 0 Å². The first-order chi connectivity index (χ1) is 5.13. The minimum atomic E-state index is 0.301. The molecule has 1 aromatic carbocycles. The Balaban J connectivity index is 2.81. The summed E-state index contributed by atoms with van der Waals surface area (Å²) < 4.78 is 5.23. The second-order valence-corrected chi connectivity index (χ2v) is 2.98. The number of aromatic hydroxyl groups is 1. The fourth-order valence-corrected chi connectivity index (χ4v) is 1.41. The van der Waals surface area contributed by atoms with E-state index in [1.54, 1.807) is 0 Å². The van der Waals surface area contributed by atoms with E-state index >= 15 is 0 Å². The van der Waals surface area contributed by atoms with Crippen LogP contribution in [0.3, 0.4) is 0 Å². The van der Waals surface area contributed by atoms with E-state index in [4.69, 9.17) is 4.74 Å². The van der Waals surface area contributed by atoms with Crippen molar-refractivity contribution in [3.05, 3.63) is 16.7 Å². The van der Waals surface area contributed by atoms with Gasteiger partial charge in [0.25, 0.3) is 0 Å². The van der Waals surface area contributed by atoms with Crippen molar-refractivity contribution < 1.29 is 9.84 Å². The maximum atomic E-state index is 9.49. The van der Waals surface area contributed by atoms with Crippen LogP contribution >= 0.6 is 0 Å². The van der Waals surface area contributed by atoms with Gasteiger partial charge in [0.1, 0.15) is 5.75 Å². The zero-order chi connectivity index (χ0) is 8.17. The highest BCUT2D eigenvalue weighted by molar-refractivity contribution is 5.68. The number of phenolic OH excluding ortho intramolecular Hbond substituents is 1. The van der Waals surface area contributed by atoms with Crippen LogP contribution in [0.1, 0.15) is 16.7 Å². The zero-order valence-corrected chi connectivity index (χ0v) is 6.86. The average Bonchev–Trinajstić information content (AvgIpc) is 1.97. The Morgan fingerprint density at radius 3 is 2.00 bits per heavy atom. The van der Waals surface area contributed by atoms with E-state index in [2.05, 4.69) is 0 Å². The van der Waals surface area contributed by atoms with Crippen LogP contribution in [0, 0.1) is 20.8 Å². The van der Waals surface area contributed by atoms with E-state index in [-0.39, 0.29) is 0 Å². The van der Waals surface area contributed by atoms with Crippen LogP contribution in [0.25, 0.3) is 0 Å². The predicted octanol–water partition coefficient (Wildman–Crippen LogP) is 2.42. The number of hydrogen-bond donors (Lipinski definition) is 1. The monoisotopic (exact) mass is 150 g/mol. The molecular formula is C9H10O2. The van der Waals surface area contributed by atoms with Crippen molar-refractivity contribution in [2.45, 2.75) is 20.8 Å². The molecule has 3 rings (SSSR count). The third-order valence-corrected chi connectivity index (χ3v) is 2.36. The first-order valence-corrected chi connectivity index (χ1v) is 3.63. The van der Waals surface area contributed by atoms with Gasteiger partial charge in [-0.1, -0.05) is 0 Å². The molecular weight excluding hydrogens is 140 g/mol. The van der Waals surface area contributed by atoms with E-state index < -0.39 is 0 Å². The first-order valence-electron chi connectivity index (χ1n) is 3.63. The van der Waals surface area contributed by atoms with Crippen molar-refractivity contribution in [1.82, 2.24) is 0 Å². The maximum absolute atomic E-state index is 9.49. The van der Waals surface area contributed by atoms with Gasteiger partial charge in [-0.15, -0.1) is 0 Å². The smallest absolute Gasteiger partial charge is 0.175 e. The second-order valence-electron chi connectivity index (χ2n) is 2.98. The lowest BCUT2D eigenvalue weighted by Gasteiger charge is -2.27. The Hall–Kier alpha value is -1.18. The maximum Gasteiger partial charge on any atom is 0.175 e.